The number of aryl methyl sites for hydroxylation is 1. The number of benzene rings is 2. The summed E-state index contributed by atoms with van der Waals surface area (Å²) in [6.07, 6.45) is 2.42. The summed E-state index contributed by atoms with van der Waals surface area (Å²) < 4.78 is 25.1. The predicted molar refractivity (Wildman–Crippen MR) is 97.7 cm³/mol. The quantitative estimate of drug-likeness (QED) is 0.829. The number of sulfone groups is 1. The fraction of sp³-hybridized carbons (Fsp3) is 0.400. The first-order chi connectivity index (χ1) is 11.5. The summed E-state index contributed by atoms with van der Waals surface area (Å²) in [6, 6.07) is 17.2. The van der Waals surface area contributed by atoms with Crippen LogP contribution in [0.15, 0.2) is 59.5 Å². The topological polar surface area (TPSA) is 46.2 Å². The van der Waals surface area contributed by atoms with Crippen LogP contribution in [-0.2, 0) is 9.84 Å². The molecule has 1 saturated carbocycles. The van der Waals surface area contributed by atoms with Crippen LogP contribution in [0.4, 0.5) is 0 Å². The third-order valence-corrected chi connectivity index (χ3v) is 6.58. The van der Waals surface area contributed by atoms with Crippen LogP contribution in [0.1, 0.15) is 36.9 Å². The second kappa shape index (κ2) is 7.08. The van der Waals surface area contributed by atoms with Crippen LogP contribution in [0.5, 0.6) is 0 Å². The van der Waals surface area contributed by atoms with E-state index in [-0.39, 0.29) is 17.8 Å². The highest BCUT2D eigenvalue weighted by atomic mass is 32.2. The van der Waals surface area contributed by atoms with Crippen molar-refractivity contribution in [3.63, 3.8) is 0 Å². The van der Waals surface area contributed by atoms with Gasteiger partial charge < -0.3 is 5.32 Å². The smallest absolute Gasteiger partial charge is 0.179 e. The molecule has 1 aliphatic carbocycles. The molecule has 2 aromatic rings. The third-order valence-electron chi connectivity index (χ3n) is 4.65. The van der Waals surface area contributed by atoms with Gasteiger partial charge in [0.05, 0.1) is 10.6 Å². The van der Waals surface area contributed by atoms with E-state index in [1.807, 2.05) is 19.1 Å². The van der Waals surface area contributed by atoms with Gasteiger partial charge in [-0.2, -0.15) is 0 Å². The number of nitrogens with one attached hydrogen (secondary N) is 1. The van der Waals surface area contributed by atoms with Crippen molar-refractivity contribution in [1.29, 1.82) is 0 Å². The predicted octanol–water partition coefficient (Wildman–Crippen LogP) is 3.90. The number of hydrogen-bond acceptors (Lipinski definition) is 3. The van der Waals surface area contributed by atoms with E-state index in [4.69, 9.17) is 0 Å². The van der Waals surface area contributed by atoms with Crippen molar-refractivity contribution in [1.82, 2.24) is 5.32 Å². The Bertz CT molecular complexity index is 782. The molecule has 2 atom stereocenters. The molecule has 0 amide bonds. The third kappa shape index (κ3) is 4.05. The van der Waals surface area contributed by atoms with Gasteiger partial charge in [-0.1, -0.05) is 42.5 Å². The molecule has 0 aromatic heterocycles. The molecule has 2 unspecified atom stereocenters. The minimum Gasteiger partial charge on any atom is -0.306 e. The molecule has 0 radical (unpaired) electrons. The summed E-state index contributed by atoms with van der Waals surface area (Å²) in [5.41, 5.74) is 2.56. The van der Waals surface area contributed by atoms with Crippen LogP contribution in [0, 0.1) is 12.8 Å². The lowest BCUT2D eigenvalue weighted by Crippen LogP contribution is -2.37. The second-order valence-electron chi connectivity index (χ2n) is 6.83. The Kier molecular flexibility index (Phi) is 5.07. The average Bonchev–Trinajstić information content (AvgIpc) is 3.39. The average molecular weight is 343 g/mol. The molecule has 2 aromatic carbocycles. The van der Waals surface area contributed by atoms with Gasteiger partial charge in [-0.25, -0.2) is 8.42 Å². The monoisotopic (exact) mass is 343 g/mol. The molecular weight excluding hydrogens is 318 g/mol. The van der Waals surface area contributed by atoms with Crippen LogP contribution >= 0.6 is 0 Å². The van der Waals surface area contributed by atoms with Crippen molar-refractivity contribution < 1.29 is 8.42 Å². The van der Waals surface area contributed by atoms with Gasteiger partial charge in [0.25, 0.3) is 0 Å². The van der Waals surface area contributed by atoms with Crippen molar-refractivity contribution >= 4 is 9.84 Å². The van der Waals surface area contributed by atoms with Crippen LogP contribution in [0.3, 0.4) is 0 Å². The Hall–Kier alpha value is -1.65. The zero-order valence-electron chi connectivity index (χ0n) is 14.3. The number of hydrogen-bond donors (Lipinski definition) is 1. The van der Waals surface area contributed by atoms with Gasteiger partial charge in [0.1, 0.15) is 0 Å². The summed E-state index contributed by atoms with van der Waals surface area (Å²) in [5.74, 6) is 0.736. The molecular formula is C20H25NO2S. The van der Waals surface area contributed by atoms with Crippen LogP contribution in [0.25, 0.3) is 0 Å². The zero-order chi connectivity index (χ0) is 17.2. The first-order valence-electron chi connectivity index (χ1n) is 8.57. The lowest BCUT2D eigenvalue weighted by Gasteiger charge is -2.25. The van der Waals surface area contributed by atoms with E-state index in [0.717, 1.165) is 0 Å². The Balaban J connectivity index is 1.73. The SMILES string of the molecule is Cc1ccccc1C(NC(C)CS(=O)(=O)c1ccccc1)C1CC1. The highest BCUT2D eigenvalue weighted by Gasteiger charge is 2.34. The fourth-order valence-corrected chi connectivity index (χ4v) is 4.77. The molecule has 0 heterocycles. The summed E-state index contributed by atoms with van der Waals surface area (Å²) in [6.45, 7) is 4.09. The molecule has 3 rings (SSSR count). The van der Waals surface area contributed by atoms with E-state index in [1.165, 1.54) is 24.0 Å². The van der Waals surface area contributed by atoms with Crippen molar-refractivity contribution in [2.75, 3.05) is 5.75 Å². The van der Waals surface area contributed by atoms with Crippen molar-refractivity contribution in [3.05, 3.63) is 65.7 Å². The first kappa shape index (κ1) is 17.2. The molecule has 4 heteroatoms. The first-order valence-corrected chi connectivity index (χ1v) is 10.2. The van der Waals surface area contributed by atoms with E-state index in [0.29, 0.717) is 10.8 Å². The lowest BCUT2D eigenvalue weighted by atomic mass is 9.97. The van der Waals surface area contributed by atoms with Crippen LogP contribution < -0.4 is 5.32 Å². The van der Waals surface area contributed by atoms with Gasteiger partial charge in [-0.3, -0.25) is 0 Å². The molecule has 0 spiro atoms. The lowest BCUT2D eigenvalue weighted by molar-refractivity contribution is 0.433. The Morgan fingerprint density at radius 2 is 1.67 bits per heavy atom. The van der Waals surface area contributed by atoms with Gasteiger partial charge in [-0.05, 0) is 55.9 Å². The molecule has 0 saturated heterocycles. The maximum Gasteiger partial charge on any atom is 0.179 e. The molecule has 1 fully saturated rings. The Morgan fingerprint density at radius 1 is 1.04 bits per heavy atom. The van der Waals surface area contributed by atoms with Crippen molar-refractivity contribution in [3.8, 4) is 0 Å². The normalized spacial score (nSPS) is 17.4. The van der Waals surface area contributed by atoms with Gasteiger partial charge in [0.2, 0.25) is 0 Å². The summed E-state index contributed by atoms with van der Waals surface area (Å²) in [4.78, 5) is 0.400. The molecule has 1 N–H and O–H groups in total. The summed E-state index contributed by atoms with van der Waals surface area (Å²) in [7, 11) is -3.27. The van der Waals surface area contributed by atoms with Gasteiger partial charge in [0, 0.05) is 12.1 Å². The largest absolute Gasteiger partial charge is 0.306 e. The van der Waals surface area contributed by atoms with Crippen LogP contribution in [-0.4, -0.2) is 20.2 Å². The minimum atomic E-state index is -3.27. The van der Waals surface area contributed by atoms with E-state index < -0.39 is 9.84 Å². The van der Waals surface area contributed by atoms with Crippen LogP contribution in [0.2, 0.25) is 0 Å². The molecule has 0 bridgehead atoms. The second-order valence-corrected chi connectivity index (χ2v) is 8.87. The highest BCUT2D eigenvalue weighted by Crippen LogP contribution is 2.42. The van der Waals surface area contributed by atoms with Crippen molar-refractivity contribution in [2.45, 2.75) is 43.7 Å². The number of rotatable bonds is 7. The van der Waals surface area contributed by atoms with Gasteiger partial charge >= 0.3 is 0 Å². The minimum absolute atomic E-state index is 0.0968. The van der Waals surface area contributed by atoms with Crippen molar-refractivity contribution in [2.24, 2.45) is 5.92 Å². The van der Waals surface area contributed by atoms with E-state index in [2.05, 4.69) is 30.4 Å². The Labute approximate surface area is 145 Å². The van der Waals surface area contributed by atoms with E-state index >= 15 is 0 Å². The molecule has 24 heavy (non-hydrogen) atoms. The highest BCUT2D eigenvalue weighted by molar-refractivity contribution is 7.91. The Morgan fingerprint density at radius 3 is 2.29 bits per heavy atom. The maximum atomic E-state index is 12.6. The molecule has 3 nitrogen and oxygen atoms in total. The summed E-state index contributed by atoms with van der Waals surface area (Å²) >= 11 is 0. The maximum absolute atomic E-state index is 12.6. The standard InChI is InChI=1S/C20H25NO2S/c1-15-8-6-7-11-19(15)20(17-12-13-17)21-16(2)14-24(22,23)18-9-4-3-5-10-18/h3-11,16-17,20-21H,12-14H2,1-2H3. The van der Waals surface area contributed by atoms with E-state index in [1.54, 1.807) is 24.3 Å². The fourth-order valence-electron chi connectivity index (χ4n) is 3.25. The zero-order valence-corrected chi connectivity index (χ0v) is 15.1. The molecule has 128 valence electrons. The van der Waals surface area contributed by atoms with Gasteiger partial charge in [-0.15, -0.1) is 0 Å². The summed E-state index contributed by atoms with van der Waals surface area (Å²) in [5, 5.41) is 3.58. The molecule has 1 aliphatic rings. The molecule has 0 aliphatic heterocycles. The van der Waals surface area contributed by atoms with Gasteiger partial charge in [0.15, 0.2) is 9.84 Å². The van der Waals surface area contributed by atoms with E-state index in [9.17, 15) is 8.42 Å².